The molecule has 0 bridgehead atoms. The Bertz CT molecular complexity index is 885. The van der Waals surface area contributed by atoms with Crippen LogP contribution in [0.25, 0.3) is 10.9 Å². The Hall–Kier alpha value is -2.40. The number of nitrogens with zero attached hydrogens (tertiary/aromatic N) is 2. The summed E-state index contributed by atoms with van der Waals surface area (Å²) in [5.41, 5.74) is 9.40. The molecule has 0 aliphatic heterocycles. The van der Waals surface area contributed by atoms with Gasteiger partial charge < -0.3 is 10.5 Å². The maximum absolute atomic E-state index is 6.32. The average Bonchev–Trinajstić information content (AvgIpc) is 2.53. The van der Waals surface area contributed by atoms with E-state index in [9.17, 15) is 0 Å². The number of nitrogens with two attached hydrogens (primary N) is 1. The number of fused-ring (bicyclic) bond motifs is 1. The number of rotatable bonds is 3. The smallest absolute Gasteiger partial charge is 0.201 e. The molecule has 5 heteroatoms. The topological polar surface area (TPSA) is 53.1 Å². The lowest BCUT2D eigenvalue weighted by Crippen LogP contribution is -2.10. The number of hydrogen-bond donors (Lipinski definition) is 1. The minimum Gasteiger partial charge on any atom is -0.497 e. The monoisotopic (exact) mass is 311 g/mol. The molecular formula is C17H17N3OS. The van der Waals surface area contributed by atoms with Crippen molar-refractivity contribution >= 4 is 28.9 Å². The van der Waals surface area contributed by atoms with Crippen LogP contribution in [0.15, 0.2) is 42.5 Å². The summed E-state index contributed by atoms with van der Waals surface area (Å²) in [4.78, 5) is 4.48. The second-order valence-electron chi connectivity index (χ2n) is 5.23. The molecule has 0 aliphatic rings. The predicted octanol–water partition coefficient (Wildman–Crippen LogP) is 3.71. The third-order valence-electron chi connectivity index (χ3n) is 3.67. The zero-order valence-electron chi connectivity index (χ0n) is 12.5. The van der Waals surface area contributed by atoms with Gasteiger partial charge >= 0.3 is 0 Å². The Labute approximate surface area is 134 Å². The summed E-state index contributed by atoms with van der Waals surface area (Å²) in [5, 5.41) is 0.933. The number of methoxy groups -OCH3 is 1. The van der Waals surface area contributed by atoms with Gasteiger partial charge in [-0.2, -0.15) is 0 Å². The first-order valence-corrected chi connectivity index (χ1v) is 7.39. The molecule has 0 unspecified atom stereocenters. The molecule has 0 aliphatic carbocycles. The van der Waals surface area contributed by atoms with E-state index in [-0.39, 0.29) is 0 Å². The van der Waals surface area contributed by atoms with Crippen molar-refractivity contribution < 1.29 is 4.74 Å². The van der Waals surface area contributed by atoms with E-state index in [0.29, 0.717) is 17.1 Å². The van der Waals surface area contributed by atoms with Gasteiger partial charge in [0.15, 0.2) is 0 Å². The summed E-state index contributed by atoms with van der Waals surface area (Å²) in [7, 11) is 1.65. The lowest BCUT2D eigenvalue weighted by atomic mass is 10.1. The fraction of sp³-hybridized carbons (Fsp3) is 0.176. The molecule has 0 fully saturated rings. The summed E-state index contributed by atoms with van der Waals surface area (Å²) >= 11 is 5.39. The van der Waals surface area contributed by atoms with Crippen molar-refractivity contribution in [3.05, 3.63) is 58.4 Å². The Morgan fingerprint density at radius 2 is 1.91 bits per heavy atom. The highest BCUT2D eigenvalue weighted by Crippen LogP contribution is 2.22. The van der Waals surface area contributed by atoms with E-state index in [1.54, 1.807) is 7.11 Å². The molecule has 0 amide bonds. The molecule has 4 nitrogen and oxygen atoms in total. The van der Waals surface area contributed by atoms with Crippen LogP contribution in [0.5, 0.6) is 5.75 Å². The van der Waals surface area contributed by atoms with E-state index in [0.717, 1.165) is 27.8 Å². The summed E-state index contributed by atoms with van der Waals surface area (Å²) in [5.74, 6) is 1.47. The van der Waals surface area contributed by atoms with E-state index in [1.807, 2.05) is 54.0 Å². The van der Waals surface area contributed by atoms with Gasteiger partial charge in [-0.1, -0.05) is 23.8 Å². The SMILES string of the molecule is COc1ccc(Cn2c(N)c3cc(C)ccc3nc2=S)cc1. The van der Waals surface area contributed by atoms with Crippen LogP contribution in [0.3, 0.4) is 0 Å². The number of ether oxygens (including phenoxy) is 1. The van der Waals surface area contributed by atoms with Gasteiger partial charge in [-0.05, 0) is 49.0 Å². The molecule has 0 saturated heterocycles. The summed E-state index contributed by atoms with van der Waals surface area (Å²) < 4.78 is 7.52. The molecule has 0 saturated carbocycles. The fourth-order valence-electron chi connectivity index (χ4n) is 2.43. The third kappa shape index (κ3) is 2.67. The van der Waals surface area contributed by atoms with Crippen molar-refractivity contribution in [1.82, 2.24) is 9.55 Å². The van der Waals surface area contributed by atoms with Gasteiger partial charge in [0.1, 0.15) is 11.6 Å². The molecule has 0 radical (unpaired) electrons. The number of nitrogen functional groups attached to an aromatic ring is 1. The zero-order chi connectivity index (χ0) is 15.7. The molecular weight excluding hydrogens is 294 g/mol. The second-order valence-corrected chi connectivity index (χ2v) is 5.60. The minimum atomic E-state index is 0.490. The van der Waals surface area contributed by atoms with Crippen molar-refractivity contribution in [2.45, 2.75) is 13.5 Å². The van der Waals surface area contributed by atoms with Crippen LogP contribution >= 0.6 is 12.2 Å². The minimum absolute atomic E-state index is 0.490. The van der Waals surface area contributed by atoms with Crippen LogP contribution in [0, 0.1) is 11.7 Å². The van der Waals surface area contributed by atoms with Crippen molar-refractivity contribution in [3.8, 4) is 5.75 Å². The number of anilines is 1. The number of aryl methyl sites for hydroxylation is 1. The maximum atomic E-state index is 6.32. The largest absolute Gasteiger partial charge is 0.497 e. The summed E-state index contributed by atoms with van der Waals surface area (Å²) in [6, 6.07) is 13.9. The van der Waals surface area contributed by atoms with Crippen LogP contribution in [0.4, 0.5) is 5.82 Å². The molecule has 0 spiro atoms. The molecule has 1 heterocycles. The van der Waals surface area contributed by atoms with Gasteiger partial charge in [-0.15, -0.1) is 0 Å². The molecule has 3 rings (SSSR count). The van der Waals surface area contributed by atoms with Gasteiger partial charge in [0, 0.05) is 5.39 Å². The first-order chi connectivity index (χ1) is 10.6. The molecule has 2 N–H and O–H groups in total. The summed E-state index contributed by atoms with van der Waals surface area (Å²) in [6.45, 7) is 2.62. The van der Waals surface area contributed by atoms with Gasteiger partial charge in [0.2, 0.25) is 4.77 Å². The van der Waals surface area contributed by atoms with Crippen LogP contribution < -0.4 is 10.5 Å². The zero-order valence-corrected chi connectivity index (χ0v) is 13.4. The standard InChI is InChI=1S/C17H17N3OS/c1-11-3-8-15-14(9-11)16(18)20(17(22)19-15)10-12-4-6-13(21-2)7-5-12/h3-9H,10,18H2,1-2H3. The second kappa shape index (κ2) is 5.77. The molecule has 112 valence electrons. The quantitative estimate of drug-likeness (QED) is 0.749. The molecule has 0 atom stereocenters. The van der Waals surface area contributed by atoms with Gasteiger partial charge in [-0.25, -0.2) is 4.98 Å². The first-order valence-electron chi connectivity index (χ1n) is 6.98. The molecule has 22 heavy (non-hydrogen) atoms. The molecule has 1 aromatic heterocycles. The Morgan fingerprint density at radius 3 is 2.59 bits per heavy atom. The van der Waals surface area contributed by atoms with E-state index in [2.05, 4.69) is 4.98 Å². The predicted molar refractivity (Wildman–Crippen MR) is 91.8 cm³/mol. The number of benzene rings is 2. The van der Waals surface area contributed by atoms with E-state index in [4.69, 9.17) is 22.7 Å². The van der Waals surface area contributed by atoms with E-state index < -0.39 is 0 Å². The van der Waals surface area contributed by atoms with Crippen molar-refractivity contribution in [2.75, 3.05) is 12.8 Å². The number of hydrogen-bond acceptors (Lipinski definition) is 4. The van der Waals surface area contributed by atoms with Crippen molar-refractivity contribution in [1.29, 1.82) is 0 Å². The fourth-order valence-corrected chi connectivity index (χ4v) is 2.69. The lowest BCUT2D eigenvalue weighted by Gasteiger charge is -2.13. The normalized spacial score (nSPS) is 10.8. The third-order valence-corrected chi connectivity index (χ3v) is 3.98. The molecule has 2 aromatic carbocycles. The number of aromatic nitrogens is 2. The maximum Gasteiger partial charge on any atom is 0.201 e. The first kappa shape index (κ1) is 14.5. The van der Waals surface area contributed by atoms with Gasteiger partial charge in [-0.3, -0.25) is 4.57 Å². The van der Waals surface area contributed by atoms with Crippen LogP contribution in [0.1, 0.15) is 11.1 Å². The van der Waals surface area contributed by atoms with Crippen molar-refractivity contribution in [3.63, 3.8) is 0 Å². The Kier molecular flexibility index (Phi) is 3.81. The van der Waals surface area contributed by atoms with Crippen LogP contribution in [-0.4, -0.2) is 16.7 Å². The highest BCUT2D eigenvalue weighted by Gasteiger charge is 2.07. The Balaban J connectivity index is 2.07. The van der Waals surface area contributed by atoms with E-state index >= 15 is 0 Å². The van der Waals surface area contributed by atoms with Gasteiger partial charge in [0.25, 0.3) is 0 Å². The highest BCUT2D eigenvalue weighted by molar-refractivity contribution is 7.71. The van der Waals surface area contributed by atoms with Gasteiger partial charge in [0.05, 0.1) is 19.2 Å². The van der Waals surface area contributed by atoms with Crippen molar-refractivity contribution in [2.24, 2.45) is 0 Å². The Morgan fingerprint density at radius 1 is 1.18 bits per heavy atom. The van der Waals surface area contributed by atoms with E-state index in [1.165, 1.54) is 0 Å². The lowest BCUT2D eigenvalue weighted by molar-refractivity contribution is 0.414. The molecule has 3 aromatic rings. The highest BCUT2D eigenvalue weighted by atomic mass is 32.1. The van der Waals surface area contributed by atoms with Crippen LogP contribution in [-0.2, 0) is 6.54 Å². The van der Waals surface area contributed by atoms with Crippen LogP contribution in [0.2, 0.25) is 0 Å². The average molecular weight is 311 g/mol. The summed E-state index contributed by atoms with van der Waals surface area (Å²) in [6.07, 6.45) is 0.